The van der Waals surface area contributed by atoms with Gasteiger partial charge >= 0.3 is 0 Å². The van der Waals surface area contributed by atoms with Crippen LogP contribution in [0.2, 0.25) is 5.28 Å². The van der Waals surface area contributed by atoms with Gasteiger partial charge in [0.15, 0.2) is 11.5 Å². The molecule has 1 saturated heterocycles. The SMILES string of the molecule is CC1CCC(C)N(c2nc(Cl)nc3nc[nH]c23)C1. The average Bonchev–Trinajstić information content (AvgIpc) is 2.79. The maximum Gasteiger partial charge on any atom is 0.226 e. The maximum atomic E-state index is 5.98. The van der Waals surface area contributed by atoms with Crippen molar-refractivity contribution in [1.29, 1.82) is 0 Å². The van der Waals surface area contributed by atoms with Crippen LogP contribution in [0.1, 0.15) is 26.7 Å². The van der Waals surface area contributed by atoms with Crippen LogP contribution in [0.5, 0.6) is 0 Å². The largest absolute Gasteiger partial charge is 0.352 e. The lowest BCUT2D eigenvalue weighted by Crippen LogP contribution is -2.41. The van der Waals surface area contributed by atoms with Crippen molar-refractivity contribution in [2.24, 2.45) is 5.92 Å². The summed E-state index contributed by atoms with van der Waals surface area (Å²) in [6, 6.07) is 0.471. The molecule has 3 rings (SSSR count). The first-order valence-corrected chi connectivity index (χ1v) is 6.66. The van der Waals surface area contributed by atoms with Gasteiger partial charge in [-0.2, -0.15) is 9.97 Å². The van der Waals surface area contributed by atoms with Crippen molar-refractivity contribution < 1.29 is 0 Å². The molecule has 96 valence electrons. The number of H-pyrrole nitrogens is 1. The van der Waals surface area contributed by atoms with Crippen LogP contribution in [0, 0.1) is 5.92 Å². The van der Waals surface area contributed by atoms with Crippen LogP contribution in [0.3, 0.4) is 0 Å². The molecule has 2 aromatic rings. The second-order valence-corrected chi connectivity index (χ2v) is 5.44. The average molecular weight is 266 g/mol. The molecule has 0 saturated carbocycles. The van der Waals surface area contributed by atoms with E-state index in [0.29, 0.717) is 17.6 Å². The fourth-order valence-electron chi connectivity index (χ4n) is 2.58. The normalized spacial score (nSPS) is 24.7. The third-order valence-electron chi connectivity index (χ3n) is 3.63. The Kier molecular flexibility index (Phi) is 2.86. The molecule has 2 atom stereocenters. The van der Waals surface area contributed by atoms with Crippen LogP contribution in [0.15, 0.2) is 6.33 Å². The molecule has 2 aromatic heterocycles. The standard InChI is InChI=1S/C12H16ClN5/c1-7-3-4-8(2)18(5-7)11-9-10(15-6-14-9)16-12(13)17-11/h6-8H,3-5H2,1-2H3,(H,14,15,16,17). The van der Waals surface area contributed by atoms with E-state index in [9.17, 15) is 0 Å². The minimum Gasteiger partial charge on any atom is -0.352 e. The number of hydrogen-bond acceptors (Lipinski definition) is 4. The first kappa shape index (κ1) is 11.7. The molecule has 6 heteroatoms. The lowest BCUT2D eigenvalue weighted by atomic mass is 9.95. The topological polar surface area (TPSA) is 57.7 Å². The van der Waals surface area contributed by atoms with E-state index in [-0.39, 0.29) is 5.28 Å². The highest BCUT2D eigenvalue weighted by Crippen LogP contribution is 2.30. The van der Waals surface area contributed by atoms with Gasteiger partial charge in [0.1, 0.15) is 5.52 Å². The Bertz CT molecular complexity index is 567. The fourth-order valence-corrected chi connectivity index (χ4v) is 2.74. The monoisotopic (exact) mass is 265 g/mol. The Labute approximate surface area is 111 Å². The van der Waals surface area contributed by atoms with Gasteiger partial charge < -0.3 is 9.88 Å². The van der Waals surface area contributed by atoms with E-state index in [1.54, 1.807) is 6.33 Å². The minimum absolute atomic E-state index is 0.259. The Hall–Kier alpha value is -1.36. The summed E-state index contributed by atoms with van der Waals surface area (Å²) in [4.78, 5) is 18.1. The zero-order valence-electron chi connectivity index (χ0n) is 10.5. The number of imidazole rings is 1. The molecular weight excluding hydrogens is 250 g/mol. The van der Waals surface area contributed by atoms with E-state index in [4.69, 9.17) is 11.6 Å². The number of nitrogens with zero attached hydrogens (tertiary/aromatic N) is 4. The molecule has 3 heterocycles. The van der Waals surface area contributed by atoms with Gasteiger partial charge in [0.05, 0.1) is 6.33 Å². The molecule has 1 aliphatic heterocycles. The highest BCUT2D eigenvalue weighted by Gasteiger charge is 2.26. The molecular formula is C12H16ClN5. The number of piperidine rings is 1. The number of halogens is 1. The molecule has 0 spiro atoms. The van der Waals surface area contributed by atoms with Gasteiger partial charge in [-0.05, 0) is 37.3 Å². The Morgan fingerprint density at radius 1 is 1.33 bits per heavy atom. The molecule has 0 radical (unpaired) electrons. The van der Waals surface area contributed by atoms with Gasteiger partial charge in [0.2, 0.25) is 5.28 Å². The molecule has 5 nitrogen and oxygen atoms in total. The van der Waals surface area contributed by atoms with Crippen LogP contribution >= 0.6 is 11.6 Å². The summed E-state index contributed by atoms with van der Waals surface area (Å²) in [6.07, 6.45) is 4.08. The van der Waals surface area contributed by atoms with Crippen LogP contribution in [0.4, 0.5) is 5.82 Å². The zero-order valence-corrected chi connectivity index (χ0v) is 11.3. The molecule has 2 unspecified atom stereocenters. The van der Waals surface area contributed by atoms with E-state index in [1.807, 2.05) is 0 Å². The van der Waals surface area contributed by atoms with Crippen molar-refractivity contribution in [3.63, 3.8) is 0 Å². The van der Waals surface area contributed by atoms with Crippen molar-refractivity contribution in [3.05, 3.63) is 11.6 Å². The summed E-state index contributed by atoms with van der Waals surface area (Å²) in [6.45, 7) is 5.50. The molecule has 0 aliphatic carbocycles. The Balaban J connectivity index is 2.09. The highest BCUT2D eigenvalue weighted by molar-refractivity contribution is 6.28. The van der Waals surface area contributed by atoms with E-state index in [1.165, 1.54) is 12.8 Å². The van der Waals surface area contributed by atoms with Gasteiger partial charge in [-0.25, -0.2) is 4.98 Å². The molecule has 1 fully saturated rings. The molecule has 1 aliphatic rings. The second-order valence-electron chi connectivity index (χ2n) is 5.10. The van der Waals surface area contributed by atoms with E-state index in [0.717, 1.165) is 17.9 Å². The van der Waals surface area contributed by atoms with Crippen molar-refractivity contribution in [2.75, 3.05) is 11.4 Å². The van der Waals surface area contributed by atoms with Crippen molar-refractivity contribution in [1.82, 2.24) is 19.9 Å². The zero-order chi connectivity index (χ0) is 12.7. The summed E-state index contributed by atoms with van der Waals surface area (Å²) in [5.74, 6) is 1.55. The van der Waals surface area contributed by atoms with Crippen LogP contribution < -0.4 is 4.90 Å². The van der Waals surface area contributed by atoms with Gasteiger partial charge in [0.25, 0.3) is 0 Å². The number of nitrogens with one attached hydrogen (secondary N) is 1. The summed E-state index contributed by atoms with van der Waals surface area (Å²) in [5.41, 5.74) is 1.51. The Morgan fingerprint density at radius 2 is 2.17 bits per heavy atom. The molecule has 1 N–H and O–H groups in total. The number of fused-ring (bicyclic) bond motifs is 1. The molecule has 0 bridgehead atoms. The Morgan fingerprint density at radius 3 is 3.00 bits per heavy atom. The second kappa shape index (κ2) is 4.39. The van der Waals surface area contributed by atoms with Crippen LogP contribution in [-0.4, -0.2) is 32.5 Å². The third-order valence-corrected chi connectivity index (χ3v) is 3.80. The molecule has 0 amide bonds. The summed E-state index contributed by atoms with van der Waals surface area (Å²) < 4.78 is 0. The van der Waals surface area contributed by atoms with E-state index >= 15 is 0 Å². The van der Waals surface area contributed by atoms with Gasteiger partial charge in [0, 0.05) is 12.6 Å². The van der Waals surface area contributed by atoms with Crippen molar-refractivity contribution in [2.45, 2.75) is 32.7 Å². The lowest BCUT2D eigenvalue weighted by Gasteiger charge is -2.37. The molecule has 0 aromatic carbocycles. The van der Waals surface area contributed by atoms with Gasteiger partial charge in [-0.15, -0.1) is 0 Å². The smallest absolute Gasteiger partial charge is 0.226 e. The third kappa shape index (κ3) is 1.92. The number of anilines is 1. The highest BCUT2D eigenvalue weighted by atomic mass is 35.5. The van der Waals surface area contributed by atoms with E-state index < -0.39 is 0 Å². The van der Waals surface area contributed by atoms with Crippen molar-refractivity contribution in [3.8, 4) is 0 Å². The van der Waals surface area contributed by atoms with E-state index in [2.05, 4.69) is 38.7 Å². The number of rotatable bonds is 1. The summed E-state index contributed by atoms with van der Waals surface area (Å²) in [7, 11) is 0. The lowest BCUT2D eigenvalue weighted by molar-refractivity contribution is 0.388. The van der Waals surface area contributed by atoms with Gasteiger partial charge in [-0.3, -0.25) is 0 Å². The number of aromatic nitrogens is 4. The van der Waals surface area contributed by atoms with Crippen LogP contribution in [0.25, 0.3) is 11.2 Å². The first-order valence-electron chi connectivity index (χ1n) is 6.28. The van der Waals surface area contributed by atoms with Crippen LogP contribution in [-0.2, 0) is 0 Å². The maximum absolute atomic E-state index is 5.98. The predicted octanol–water partition coefficient (Wildman–Crippen LogP) is 2.63. The van der Waals surface area contributed by atoms with Crippen molar-refractivity contribution >= 4 is 28.6 Å². The quantitative estimate of drug-likeness (QED) is 0.806. The molecule has 18 heavy (non-hydrogen) atoms. The fraction of sp³-hybridized carbons (Fsp3) is 0.583. The predicted molar refractivity (Wildman–Crippen MR) is 71.9 cm³/mol. The number of aromatic amines is 1. The summed E-state index contributed by atoms with van der Waals surface area (Å²) >= 11 is 5.98. The minimum atomic E-state index is 0.259. The van der Waals surface area contributed by atoms with Gasteiger partial charge in [-0.1, -0.05) is 6.92 Å². The first-order chi connectivity index (χ1) is 8.65. The summed E-state index contributed by atoms with van der Waals surface area (Å²) in [5, 5.41) is 0.259. The number of hydrogen-bond donors (Lipinski definition) is 1.